The Balaban J connectivity index is 2.46. The molecule has 1 aliphatic rings. The summed E-state index contributed by atoms with van der Waals surface area (Å²) in [4.78, 5) is 33.9. The highest BCUT2D eigenvalue weighted by atomic mass is 79.9. The van der Waals surface area contributed by atoms with Crippen LogP contribution in [0.4, 0.5) is 17.1 Å². The number of nitrogens with zero attached hydrogens (tertiary/aromatic N) is 1. The number of amides is 1. The maximum atomic E-state index is 11.8. The number of carbonyl (C=O) groups excluding carboxylic acids is 2. The van der Waals surface area contributed by atoms with Crippen LogP contribution >= 0.6 is 15.9 Å². The molecule has 22 heavy (non-hydrogen) atoms. The second-order valence-corrected chi connectivity index (χ2v) is 5.42. The molecular weight excluding hydrogens is 358 g/mol. The summed E-state index contributed by atoms with van der Waals surface area (Å²) >= 11 is 3.28. The molecule has 0 saturated carbocycles. The second kappa shape index (κ2) is 6.73. The summed E-state index contributed by atoms with van der Waals surface area (Å²) in [6.45, 7) is 2.35. The minimum absolute atomic E-state index is 0.0356. The van der Waals surface area contributed by atoms with Crippen molar-refractivity contribution >= 4 is 44.9 Å². The molecule has 1 aromatic rings. The molecule has 1 aromatic carbocycles. The van der Waals surface area contributed by atoms with Gasteiger partial charge in [-0.2, -0.15) is 0 Å². The maximum absolute atomic E-state index is 11.8. The zero-order valence-corrected chi connectivity index (χ0v) is 13.4. The number of nitro benzene ring substituents is 1. The first-order chi connectivity index (χ1) is 10.5. The molecule has 8 nitrogen and oxygen atoms in total. The number of ether oxygens (including phenoxy) is 1. The van der Waals surface area contributed by atoms with Gasteiger partial charge in [0.2, 0.25) is 0 Å². The molecule has 1 heterocycles. The van der Waals surface area contributed by atoms with Crippen LogP contribution in [0, 0.1) is 10.1 Å². The normalized spacial score (nSPS) is 12.8. The number of halogens is 1. The Hall–Kier alpha value is -2.16. The number of rotatable bonds is 3. The number of carbonyl (C=O) groups is 2. The Morgan fingerprint density at radius 3 is 2.91 bits per heavy atom. The smallest absolute Gasteiger partial charge is 0.397 e. The van der Waals surface area contributed by atoms with Crippen molar-refractivity contribution in [1.82, 2.24) is 0 Å². The van der Waals surface area contributed by atoms with Crippen molar-refractivity contribution in [3.05, 3.63) is 26.2 Å². The third-order valence-corrected chi connectivity index (χ3v) is 3.79. The summed E-state index contributed by atoms with van der Waals surface area (Å²) in [7, 11) is 0. The second-order valence-electron chi connectivity index (χ2n) is 4.57. The predicted octanol–water partition coefficient (Wildman–Crippen LogP) is 2.22. The van der Waals surface area contributed by atoms with Gasteiger partial charge in [-0.15, -0.1) is 0 Å². The number of hydrogen-bond acceptors (Lipinski definition) is 6. The molecule has 0 atom stereocenters. The Labute approximate surface area is 134 Å². The van der Waals surface area contributed by atoms with Gasteiger partial charge in [0.15, 0.2) is 0 Å². The van der Waals surface area contributed by atoms with Crippen LogP contribution in [0.15, 0.2) is 10.5 Å². The van der Waals surface area contributed by atoms with Gasteiger partial charge >= 0.3 is 11.9 Å². The number of nitro groups is 1. The lowest BCUT2D eigenvalue weighted by molar-refractivity contribution is -0.384. The van der Waals surface area contributed by atoms with Crippen molar-refractivity contribution < 1.29 is 19.2 Å². The summed E-state index contributed by atoms with van der Waals surface area (Å²) < 4.78 is 5.14. The van der Waals surface area contributed by atoms with Gasteiger partial charge < -0.3 is 15.4 Å². The first-order valence-corrected chi connectivity index (χ1v) is 7.46. The molecule has 2 rings (SSSR count). The summed E-state index contributed by atoms with van der Waals surface area (Å²) in [6, 6.07) is 1.30. The van der Waals surface area contributed by atoms with E-state index >= 15 is 0 Å². The van der Waals surface area contributed by atoms with E-state index in [0.29, 0.717) is 22.1 Å². The Bertz CT molecular complexity index is 647. The first-order valence-electron chi connectivity index (χ1n) is 6.67. The van der Waals surface area contributed by atoms with Crippen LogP contribution in [0.2, 0.25) is 0 Å². The van der Waals surface area contributed by atoms with Crippen LogP contribution in [0.25, 0.3) is 0 Å². The van der Waals surface area contributed by atoms with Gasteiger partial charge in [0.1, 0.15) is 5.69 Å². The predicted molar refractivity (Wildman–Crippen MR) is 82.9 cm³/mol. The van der Waals surface area contributed by atoms with Gasteiger partial charge in [0.25, 0.3) is 5.69 Å². The minimum Gasteiger partial charge on any atom is -0.459 e. The lowest BCUT2D eigenvalue weighted by Gasteiger charge is -2.22. The molecule has 0 fully saturated rings. The van der Waals surface area contributed by atoms with Crippen LogP contribution in [0.5, 0.6) is 0 Å². The van der Waals surface area contributed by atoms with E-state index in [0.717, 1.165) is 13.0 Å². The first kappa shape index (κ1) is 16.2. The van der Waals surface area contributed by atoms with Crippen molar-refractivity contribution in [2.75, 3.05) is 23.8 Å². The lowest BCUT2D eigenvalue weighted by atomic mass is 10.00. The maximum Gasteiger partial charge on any atom is 0.397 e. The average Bonchev–Trinajstić information content (AvgIpc) is 2.49. The van der Waals surface area contributed by atoms with Crippen LogP contribution in [0.3, 0.4) is 0 Å². The summed E-state index contributed by atoms with van der Waals surface area (Å²) in [5.41, 5.74) is 1.06. The molecule has 1 aliphatic heterocycles. The standard InChI is InChI=1S/C13H14BrN3O5/c1-2-22-13(19)12(18)16-11-7-4-3-5-15-10(7)8(14)6-9(11)17(20)21/h6,15H,2-5H2,1H3,(H,16,18). The van der Waals surface area contributed by atoms with Crippen LogP contribution in [-0.4, -0.2) is 30.0 Å². The Kier molecular flexibility index (Phi) is 4.96. The molecule has 0 bridgehead atoms. The molecule has 9 heteroatoms. The molecule has 0 spiro atoms. The fraction of sp³-hybridized carbons (Fsp3) is 0.385. The van der Waals surface area contributed by atoms with Gasteiger partial charge in [-0.25, -0.2) is 4.79 Å². The molecule has 0 radical (unpaired) electrons. The largest absolute Gasteiger partial charge is 0.459 e. The zero-order chi connectivity index (χ0) is 16.3. The van der Waals surface area contributed by atoms with E-state index in [4.69, 9.17) is 0 Å². The van der Waals surface area contributed by atoms with E-state index in [1.54, 1.807) is 6.92 Å². The minimum atomic E-state index is -1.07. The molecule has 0 aliphatic carbocycles. The highest BCUT2D eigenvalue weighted by molar-refractivity contribution is 9.10. The summed E-state index contributed by atoms with van der Waals surface area (Å²) in [5.74, 6) is -2.10. The average molecular weight is 372 g/mol. The van der Waals surface area contributed by atoms with Crippen molar-refractivity contribution in [2.24, 2.45) is 0 Å². The van der Waals surface area contributed by atoms with E-state index in [1.165, 1.54) is 6.07 Å². The van der Waals surface area contributed by atoms with Crippen molar-refractivity contribution in [3.63, 3.8) is 0 Å². The highest BCUT2D eigenvalue weighted by Crippen LogP contribution is 2.41. The topological polar surface area (TPSA) is 111 Å². The van der Waals surface area contributed by atoms with Gasteiger partial charge in [0, 0.05) is 22.6 Å². The fourth-order valence-electron chi connectivity index (χ4n) is 2.25. The number of benzene rings is 1. The molecule has 118 valence electrons. The Morgan fingerprint density at radius 2 is 2.27 bits per heavy atom. The molecular formula is C13H14BrN3O5. The van der Waals surface area contributed by atoms with Crippen LogP contribution in [0.1, 0.15) is 18.9 Å². The third kappa shape index (κ3) is 3.19. The quantitative estimate of drug-likeness (QED) is 0.364. The highest BCUT2D eigenvalue weighted by Gasteiger charge is 2.28. The number of fused-ring (bicyclic) bond motifs is 1. The van der Waals surface area contributed by atoms with E-state index in [2.05, 4.69) is 31.3 Å². The third-order valence-electron chi connectivity index (χ3n) is 3.16. The molecule has 0 unspecified atom stereocenters. The van der Waals surface area contributed by atoms with Crippen molar-refractivity contribution in [2.45, 2.75) is 19.8 Å². The number of hydrogen-bond donors (Lipinski definition) is 2. The van der Waals surface area contributed by atoms with Gasteiger partial charge in [0.05, 0.1) is 17.2 Å². The molecule has 1 amide bonds. The summed E-state index contributed by atoms with van der Waals surface area (Å²) in [6.07, 6.45) is 1.32. The lowest BCUT2D eigenvalue weighted by Crippen LogP contribution is -2.27. The van der Waals surface area contributed by atoms with Crippen molar-refractivity contribution in [1.29, 1.82) is 0 Å². The summed E-state index contributed by atoms with van der Waals surface area (Å²) in [5, 5.41) is 16.7. The Morgan fingerprint density at radius 1 is 1.55 bits per heavy atom. The van der Waals surface area contributed by atoms with Crippen molar-refractivity contribution in [3.8, 4) is 0 Å². The van der Waals surface area contributed by atoms with E-state index in [1.807, 2.05) is 0 Å². The monoisotopic (exact) mass is 371 g/mol. The van der Waals surface area contributed by atoms with E-state index in [9.17, 15) is 19.7 Å². The van der Waals surface area contributed by atoms with Gasteiger partial charge in [-0.05, 0) is 35.7 Å². The van der Waals surface area contributed by atoms with E-state index < -0.39 is 16.8 Å². The zero-order valence-electron chi connectivity index (χ0n) is 11.8. The van der Waals surface area contributed by atoms with Gasteiger partial charge in [-0.1, -0.05) is 0 Å². The fourth-order valence-corrected chi connectivity index (χ4v) is 2.85. The van der Waals surface area contributed by atoms with Crippen LogP contribution < -0.4 is 10.6 Å². The van der Waals surface area contributed by atoms with E-state index in [-0.39, 0.29) is 18.0 Å². The molecule has 0 aromatic heterocycles. The van der Waals surface area contributed by atoms with Crippen LogP contribution in [-0.2, 0) is 20.7 Å². The number of nitrogens with one attached hydrogen (secondary N) is 2. The van der Waals surface area contributed by atoms with Gasteiger partial charge in [-0.3, -0.25) is 14.9 Å². The molecule has 2 N–H and O–H groups in total. The SMILES string of the molecule is CCOC(=O)C(=O)Nc1c([N+](=O)[O-])cc(Br)c2c1CCCN2. The number of esters is 1. The molecule has 0 saturated heterocycles. The number of anilines is 2.